The molecule has 0 aromatic rings. The molecule has 0 heterocycles. The summed E-state index contributed by atoms with van der Waals surface area (Å²) in [7, 11) is -0.00412. The Hall–Kier alpha value is 0.720. The van der Waals surface area contributed by atoms with Crippen molar-refractivity contribution >= 4 is 18.5 Å². The molecule has 0 nitrogen and oxygen atoms in total. The molecule has 0 aliphatic heterocycles. The minimum atomic E-state index is -0.00412. The first kappa shape index (κ1) is 5.50. The summed E-state index contributed by atoms with van der Waals surface area (Å²) in [6.45, 7) is 0. The van der Waals surface area contributed by atoms with E-state index in [0.717, 1.165) is 11.3 Å². The summed E-state index contributed by atoms with van der Waals surface area (Å²) in [4.78, 5) is 0. The first-order valence-corrected chi connectivity index (χ1v) is 5.70. The molecule has 8 heavy (non-hydrogen) atoms. The zero-order chi connectivity index (χ0) is 5.56. The highest BCUT2D eigenvalue weighted by Gasteiger charge is 2.39. The van der Waals surface area contributed by atoms with Gasteiger partial charge in [-0.1, -0.05) is 11.2 Å². The fraction of sp³-hybridized carbons (Fsp3) is 1.00. The molecular formula is C6H10ClP. The summed E-state index contributed by atoms with van der Waals surface area (Å²) >= 11 is 6.14. The Balaban J connectivity index is 1.84. The molecule has 0 saturated heterocycles. The molecule has 2 aliphatic rings. The Kier molecular flexibility index (Phi) is 1.27. The fourth-order valence-electron chi connectivity index (χ4n) is 0.941. The van der Waals surface area contributed by atoms with Gasteiger partial charge in [0.15, 0.2) is 0 Å². The van der Waals surface area contributed by atoms with Crippen molar-refractivity contribution in [1.82, 2.24) is 0 Å². The highest BCUT2D eigenvalue weighted by molar-refractivity contribution is 7.85. The van der Waals surface area contributed by atoms with E-state index in [4.69, 9.17) is 11.2 Å². The summed E-state index contributed by atoms with van der Waals surface area (Å²) in [5.74, 6) is 0. The van der Waals surface area contributed by atoms with Gasteiger partial charge < -0.3 is 0 Å². The van der Waals surface area contributed by atoms with E-state index in [9.17, 15) is 0 Å². The van der Waals surface area contributed by atoms with Crippen molar-refractivity contribution in [2.75, 3.05) is 0 Å². The summed E-state index contributed by atoms with van der Waals surface area (Å²) in [6.07, 6.45) is 5.74. The molecule has 46 valence electrons. The maximum Gasteiger partial charge on any atom is -0.00339 e. The van der Waals surface area contributed by atoms with Crippen molar-refractivity contribution < 1.29 is 0 Å². The van der Waals surface area contributed by atoms with Crippen LogP contribution in [0.5, 0.6) is 0 Å². The van der Waals surface area contributed by atoms with Gasteiger partial charge in [0.2, 0.25) is 0 Å². The van der Waals surface area contributed by atoms with Gasteiger partial charge in [0.1, 0.15) is 0 Å². The van der Waals surface area contributed by atoms with Crippen LogP contribution in [0.2, 0.25) is 0 Å². The lowest BCUT2D eigenvalue weighted by molar-refractivity contribution is 1.40. The Morgan fingerprint density at radius 1 is 1.00 bits per heavy atom. The minimum Gasteiger partial charge on any atom is -0.0958 e. The van der Waals surface area contributed by atoms with Crippen molar-refractivity contribution in [3.05, 3.63) is 0 Å². The zero-order valence-electron chi connectivity index (χ0n) is 4.81. The topological polar surface area (TPSA) is 0 Å². The highest BCUT2D eigenvalue weighted by Crippen LogP contribution is 2.66. The van der Waals surface area contributed by atoms with Gasteiger partial charge in [0.05, 0.1) is 0 Å². The van der Waals surface area contributed by atoms with Crippen molar-refractivity contribution in [3.63, 3.8) is 0 Å². The predicted molar refractivity (Wildman–Crippen MR) is 38.8 cm³/mol. The van der Waals surface area contributed by atoms with Gasteiger partial charge in [0.25, 0.3) is 0 Å². The molecule has 0 spiro atoms. The molecule has 2 fully saturated rings. The normalized spacial score (nSPS) is 29.2. The van der Waals surface area contributed by atoms with E-state index in [1.165, 1.54) is 25.7 Å². The SMILES string of the molecule is ClP(C1CC1)C1CC1. The van der Waals surface area contributed by atoms with Crippen LogP contribution in [0.4, 0.5) is 0 Å². The second-order valence-electron chi connectivity index (χ2n) is 2.81. The summed E-state index contributed by atoms with van der Waals surface area (Å²) in [5, 5.41) is 0. The van der Waals surface area contributed by atoms with Crippen LogP contribution in [-0.2, 0) is 0 Å². The number of halogens is 1. The summed E-state index contributed by atoms with van der Waals surface area (Å²) < 4.78 is 0. The van der Waals surface area contributed by atoms with E-state index in [0.29, 0.717) is 0 Å². The van der Waals surface area contributed by atoms with Gasteiger partial charge in [-0.05, 0) is 44.3 Å². The molecule has 2 heteroatoms. The van der Waals surface area contributed by atoms with E-state index >= 15 is 0 Å². The third kappa shape index (κ3) is 1.01. The van der Waals surface area contributed by atoms with Crippen LogP contribution in [0.25, 0.3) is 0 Å². The monoisotopic (exact) mass is 148 g/mol. The maximum absolute atomic E-state index is 6.14. The van der Waals surface area contributed by atoms with Crippen molar-refractivity contribution in [2.24, 2.45) is 0 Å². The number of hydrogen-bond acceptors (Lipinski definition) is 0. The largest absolute Gasteiger partial charge is 0.0958 e. The molecule has 0 unspecified atom stereocenters. The van der Waals surface area contributed by atoms with Crippen molar-refractivity contribution in [1.29, 1.82) is 0 Å². The van der Waals surface area contributed by atoms with E-state index in [1.807, 2.05) is 0 Å². The van der Waals surface area contributed by atoms with Crippen LogP contribution in [0.15, 0.2) is 0 Å². The fourth-order valence-corrected chi connectivity index (χ4v) is 3.99. The Morgan fingerprint density at radius 3 is 1.62 bits per heavy atom. The predicted octanol–water partition coefficient (Wildman–Crippen LogP) is 2.95. The first-order chi connectivity index (χ1) is 3.88. The average Bonchev–Trinajstić information content (AvgIpc) is 2.63. The Labute approximate surface area is 56.1 Å². The molecule has 2 aliphatic carbocycles. The first-order valence-electron chi connectivity index (χ1n) is 3.32. The minimum absolute atomic E-state index is 0.00412. The molecule has 0 amide bonds. The lowest BCUT2D eigenvalue weighted by Gasteiger charge is -2.02. The van der Waals surface area contributed by atoms with Crippen molar-refractivity contribution in [2.45, 2.75) is 37.0 Å². The van der Waals surface area contributed by atoms with Crippen LogP contribution in [0, 0.1) is 0 Å². The molecular weight excluding hydrogens is 138 g/mol. The van der Waals surface area contributed by atoms with E-state index in [1.54, 1.807) is 0 Å². The van der Waals surface area contributed by atoms with E-state index in [-0.39, 0.29) is 7.27 Å². The van der Waals surface area contributed by atoms with E-state index in [2.05, 4.69) is 0 Å². The van der Waals surface area contributed by atoms with Crippen LogP contribution in [0.3, 0.4) is 0 Å². The van der Waals surface area contributed by atoms with Gasteiger partial charge in [-0.2, -0.15) is 0 Å². The molecule has 0 bridgehead atoms. The zero-order valence-corrected chi connectivity index (χ0v) is 6.46. The van der Waals surface area contributed by atoms with Gasteiger partial charge in [-0.15, -0.1) is 0 Å². The molecule has 0 atom stereocenters. The molecule has 0 aromatic carbocycles. The number of rotatable bonds is 2. The molecule has 0 N–H and O–H groups in total. The van der Waals surface area contributed by atoms with E-state index < -0.39 is 0 Å². The Morgan fingerprint density at radius 2 is 1.38 bits per heavy atom. The second-order valence-corrected chi connectivity index (χ2v) is 6.13. The van der Waals surface area contributed by atoms with Gasteiger partial charge in [-0.25, -0.2) is 0 Å². The van der Waals surface area contributed by atoms with Crippen molar-refractivity contribution in [3.8, 4) is 0 Å². The van der Waals surface area contributed by atoms with Gasteiger partial charge in [-0.3, -0.25) is 0 Å². The smallest absolute Gasteiger partial charge is 0.00339 e. The molecule has 0 radical (unpaired) electrons. The lowest BCUT2D eigenvalue weighted by atomic mass is 10.9. The van der Waals surface area contributed by atoms with Gasteiger partial charge in [0, 0.05) is 0 Å². The third-order valence-corrected chi connectivity index (χ3v) is 5.88. The molecule has 2 saturated carbocycles. The van der Waals surface area contributed by atoms with Gasteiger partial charge >= 0.3 is 0 Å². The highest BCUT2D eigenvalue weighted by atomic mass is 35.7. The summed E-state index contributed by atoms with van der Waals surface area (Å²) in [5.41, 5.74) is 1.97. The quantitative estimate of drug-likeness (QED) is 0.529. The standard InChI is InChI=1S/C6H10ClP/c7-8(5-1-2-5)6-3-4-6/h5-6H,1-4H2. The van der Waals surface area contributed by atoms with Crippen LogP contribution in [-0.4, -0.2) is 11.3 Å². The number of hydrogen-bond donors (Lipinski definition) is 0. The average molecular weight is 149 g/mol. The van der Waals surface area contributed by atoms with Crippen LogP contribution >= 0.6 is 18.5 Å². The molecule has 0 aromatic heterocycles. The Bertz CT molecular complexity index is 84.7. The third-order valence-electron chi connectivity index (χ3n) is 1.79. The summed E-state index contributed by atoms with van der Waals surface area (Å²) in [6, 6.07) is 0. The van der Waals surface area contributed by atoms with Crippen LogP contribution in [0.1, 0.15) is 25.7 Å². The molecule has 2 rings (SSSR count). The maximum atomic E-state index is 6.14. The van der Waals surface area contributed by atoms with Crippen LogP contribution < -0.4 is 0 Å². The lowest BCUT2D eigenvalue weighted by Crippen LogP contribution is -1.78. The second kappa shape index (κ2) is 1.85.